The van der Waals surface area contributed by atoms with Crippen LogP contribution in [0.15, 0.2) is 61.1 Å². The Morgan fingerprint density at radius 3 is 2.72 bits per heavy atom. The molecule has 7 nitrogen and oxygen atoms in total. The van der Waals surface area contributed by atoms with Gasteiger partial charge in [-0.1, -0.05) is 0 Å². The van der Waals surface area contributed by atoms with E-state index in [4.69, 9.17) is 0 Å². The molecule has 2 aromatic heterocycles. The summed E-state index contributed by atoms with van der Waals surface area (Å²) in [6.07, 6.45) is 7.06. The maximum Gasteiger partial charge on any atom is 1.00 e. The molecule has 162 valence electrons. The molecule has 0 aliphatic heterocycles. The number of amides is 1. The average molecular weight is 469 g/mol. The number of anilines is 2. The molecule has 32 heavy (non-hydrogen) atoms. The van der Waals surface area contributed by atoms with Crippen molar-refractivity contribution >= 4 is 17.4 Å². The van der Waals surface area contributed by atoms with Gasteiger partial charge in [0.1, 0.15) is 5.82 Å². The number of aromatic nitrogens is 2. The SMILES string of the molecule is CC(N[C-]=CNc1[cH-]ccn1)c1cc(NC(=O)c2ccc(OC(F)F)nc2)ccc1F.[K+]. The Labute approximate surface area is 225 Å². The summed E-state index contributed by atoms with van der Waals surface area (Å²) in [5, 5.41) is 8.42. The summed E-state index contributed by atoms with van der Waals surface area (Å²) >= 11 is 0. The molecule has 0 saturated carbocycles. The van der Waals surface area contributed by atoms with Crippen LogP contribution in [0.25, 0.3) is 0 Å². The van der Waals surface area contributed by atoms with Crippen molar-refractivity contribution in [1.29, 1.82) is 0 Å². The molecule has 2 heterocycles. The van der Waals surface area contributed by atoms with E-state index >= 15 is 0 Å². The summed E-state index contributed by atoms with van der Waals surface area (Å²) in [6.45, 7) is -1.27. The van der Waals surface area contributed by atoms with Crippen LogP contribution in [0.1, 0.15) is 28.9 Å². The summed E-state index contributed by atoms with van der Waals surface area (Å²) in [5.74, 6) is -0.641. The molecular weight excluding hydrogens is 450 g/mol. The number of ether oxygens (including phenoxy) is 1. The van der Waals surface area contributed by atoms with Crippen molar-refractivity contribution in [1.82, 2.24) is 15.3 Å². The Morgan fingerprint density at radius 1 is 1.25 bits per heavy atom. The Kier molecular flexibility index (Phi) is 10.3. The Bertz CT molecular complexity index is 1030. The molecule has 0 radical (unpaired) electrons. The molecule has 0 fully saturated rings. The van der Waals surface area contributed by atoms with Crippen LogP contribution >= 0.6 is 0 Å². The van der Waals surface area contributed by atoms with E-state index in [0.29, 0.717) is 17.1 Å². The van der Waals surface area contributed by atoms with Crippen LogP contribution in [0.4, 0.5) is 24.7 Å². The van der Waals surface area contributed by atoms with Crippen LogP contribution in [-0.4, -0.2) is 22.5 Å². The molecular formula is C21H18F3KN5O2-. The first-order valence-corrected chi connectivity index (χ1v) is 9.11. The van der Waals surface area contributed by atoms with E-state index in [9.17, 15) is 18.0 Å². The van der Waals surface area contributed by atoms with Crippen molar-refractivity contribution in [2.75, 3.05) is 10.6 Å². The van der Waals surface area contributed by atoms with E-state index in [1.807, 2.05) is 0 Å². The monoisotopic (exact) mass is 468 g/mol. The first-order chi connectivity index (χ1) is 14.9. The van der Waals surface area contributed by atoms with E-state index < -0.39 is 24.4 Å². The molecule has 3 rings (SSSR count). The average Bonchev–Trinajstić information content (AvgIpc) is 3.26. The minimum absolute atomic E-state index is 0. The fourth-order valence-corrected chi connectivity index (χ4v) is 2.57. The van der Waals surface area contributed by atoms with Crippen LogP contribution in [0.2, 0.25) is 0 Å². The molecule has 3 aromatic rings. The van der Waals surface area contributed by atoms with Crippen molar-refractivity contribution in [2.45, 2.75) is 19.6 Å². The van der Waals surface area contributed by atoms with Gasteiger partial charge in [-0.3, -0.25) is 4.79 Å². The summed E-state index contributed by atoms with van der Waals surface area (Å²) in [5.41, 5.74) is 0.789. The van der Waals surface area contributed by atoms with Gasteiger partial charge in [-0.25, -0.2) is 15.4 Å². The van der Waals surface area contributed by atoms with Gasteiger partial charge in [-0.2, -0.15) is 21.0 Å². The maximum absolute atomic E-state index is 14.3. The summed E-state index contributed by atoms with van der Waals surface area (Å²) < 4.78 is 42.8. The van der Waals surface area contributed by atoms with Gasteiger partial charge in [0, 0.05) is 35.4 Å². The molecule has 0 aliphatic carbocycles. The number of hydrogen-bond donors (Lipinski definition) is 3. The largest absolute Gasteiger partial charge is 1.00 e. The van der Waals surface area contributed by atoms with Gasteiger partial charge in [0.2, 0.25) is 5.88 Å². The molecule has 1 amide bonds. The Balaban J connectivity index is 0.00000363. The van der Waals surface area contributed by atoms with E-state index in [1.165, 1.54) is 30.5 Å². The fraction of sp³-hybridized carbons (Fsp3) is 0.143. The predicted octanol–water partition coefficient (Wildman–Crippen LogP) is 1.23. The molecule has 0 bridgehead atoms. The second-order valence-electron chi connectivity index (χ2n) is 6.28. The van der Waals surface area contributed by atoms with E-state index in [1.54, 1.807) is 25.3 Å². The minimum Gasteiger partial charge on any atom is -0.560 e. The molecule has 1 unspecified atom stereocenters. The number of nitrogens with one attached hydrogen (secondary N) is 3. The van der Waals surface area contributed by atoms with Gasteiger partial charge in [0.25, 0.3) is 5.91 Å². The standard InChI is InChI=1S/C21H18F3N5O2.K/c1-13(25-9-10-27-18-3-2-8-26-18)16-11-15(5-6-17(16)22)29-20(30)14-4-7-19(28-12-14)31-21(23)24;/h2-8,10-13,21,25H,1H3,(H,26,27)(H,29,30);/q-2;+1. The van der Waals surface area contributed by atoms with Gasteiger partial charge in [-0.15, -0.1) is 6.20 Å². The molecule has 0 saturated heterocycles. The summed E-state index contributed by atoms with van der Waals surface area (Å²) in [7, 11) is 0. The van der Waals surface area contributed by atoms with Crippen molar-refractivity contribution < 1.29 is 74.1 Å². The van der Waals surface area contributed by atoms with Crippen molar-refractivity contribution in [3.63, 3.8) is 0 Å². The first-order valence-electron chi connectivity index (χ1n) is 9.11. The van der Waals surface area contributed by atoms with Crippen LogP contribution in [0.5, 0.6) is 5.88 Å². The number of nitrogens with zero attached hydrogens (tertiary/aromatic N) is 2. The maximum atomic E-state index is 14.3. The summed E-state index contributed by atoms with van der Waals surface area (Å²) in [4.78, 5) is 20.0. The van der Waals surface area contributed by atoms with E-state index in [0.717, 1.165) is 12.3 Å². The number of halogens is 3. The van der Waals surface area contributed by atoms with Crippen LogP contribution < -0.4 is 72.1 Å². The van der Waals surface area contributed by atoms with Gasteiger partial charge in [0.15, 0.2) is 0 Å². The molecule has 3 N–H and O–H groups in total. The number of pyridine rings is 1. The summed E-state index contributed by atoms with van der Waals surface area (Å²) in [6, 6.07) is 9.69. The molecule has 0 aliphatic rings. The number of hydrogen-bond acceptors (Lipinski definition) is 6. The second kappa shape index (κ2) is 12.7. The van der Waals surface area contributed by atoms with Crippen LogP contribution in [-0.2, 0) is 0 Å². The number of alkyl halides is 2. The number of carbonyl (C=O) groups excluding carboxylic acids is 1. The first kappa shape index (κ1) is 25.9. The zero-order valence-corrected chi connectivity index (χ0v) is 20.4. The third kappa shape index (κ3) is 7.67. The van der Waals surface area contributed by atoms with E-state index in [2.05, 4.69) is 36.9 Å². The molecule has 11 heteroatoms. The van der Waals surface area contributed by atoms with Gasteiger partial charge in [-0.05, 0) is 31.2 Å². The molecule has 1 aromatic carbocycles. The van der Waals surface area contributed by atoms with Gasteiger partial charge in [0.05, 0.1) is 5.56 Å². The van der Waals surface area contributed by atoms with Gasteiger partial charge < -0.3 is 31.9 Å². The van der Waals surface area contributed by atoms with E-state index in [-0.39, 0.29) is 62.8 Å². The van der Waals surface area contributed by atoms with Gasteiger partial charge >= 0.3 is 58.0 Å². The Morgan fingerprint density at radius 2 is 2.06 bits per heavy atom. The topological polar surface area (TPSA) is 88.2 Å². The number of benzene rings is 1. The second-order valence-corrected chi connectivity index (χ2v) is 6.28. The normalized spacial score (nSPS) is 11.7. The fourth-order valence-electron chi connectivity index (χ4n) is 2.57. The zero-order chi connectivity index (χ0) is 22.2. The quantitative estimate of drug-likeness (QED) is 0.249. The van der Waals surface area contributed by atoms with Crippen molar-refractivity contribution in [3.05, 3.63) is 84.2 Å². The minimum atomic E-state index is -3.00. The van der Waals surface area contributed by atoms with Crippen molar-refractivity contribution in [2.24, 2.45) is 0 Å². The predicted molar refractivity (Wildman–Crippen MR) is 108 cm³/mol. The van der Waals surface area contributed by atoms with Crippen LogP contribution in [0.3, 0.4) is 0 Å². The molecule has 0 spiro atoms. The van der Waals surface area contributed by atoms with Crippen LogP contribution in [0, 0.1) is 12.0 Å². The van der Waals surface area contributed by atoms with Crippen molar-refractivity contribution in [3.8, 4) is 5.88 Å². The number of rotatable bonds is 9. The molecule has 1 atom stereocenters. The smallest absolute Gasteiger partial charge is 0.560 e. The third-order valence-corrected chi connectivity index (χ3v) is 4.07. The zero-order valence-electron chi connectivity index (χ0n) is 17.3. The Hall–Kier alpha value is -2.31. The number of carbonyl (C=O) groups is 1. The third-order valence-electron chi connectivity index (χ3n) is 4.07.